The highest BCUT2D eigenvalue weighted by Crippen LogP contribution is 2.17. The number of carbonyl (C=O) groups is 1. The van der Waals surface area contributed by atoms with Crippen molar-refractivity contribution < 1.29 is 9.53 Å². The number of hydrogen-bond donors (Lipinski definition) is 1. The monoisotopic (exact) mass is 300 g/mol. The normalized spacial score (nSPS) is 9.90. The maximum atomic E-state index is 12.3. The van der Waals surface area contributed by atoms with E-state index in [1.165, 1.54) is 4.90 Å². The topological polar surface area (TPSA) is 55.6 Å². The summed E-state index contributed by atoms with van der Waals surface area (Å²) in [7, 11) is 0. The van der Waals surface area contributed by atoms with E-state index in [2.05, 4.69) is 0 Å². The molecule has 0 atom stereocenters. The molecule has 0 saturated heterocycles. The van der Waals surface area contributed by atoms with Gasteiger partial charge in [0.25, 0.3) is 0 Å². The van der Waals surface area contributed by atoms with Crippen molar-refractivity contribution in [2.24, 2.45) is 5.73 Å². The van der Waals surface area contributed by atoms with Gasteiger partial charge in [-0.1, -0.05) is 48.6 Å². The van der Waals surface area contributed by atoms with Crippen LogP contribution in [0.3, 0.4) is 0 Å². The van der Waals surface area contributed by atoms with Crippen LogP contribution in [0.2, 0.25) is 0 Å². The number of carbonyl (C=O) groups excluding carboxylic acids is 1. The number of benzene rings is 2. The van der Waals surface area contributed by atoms with Crippen LogP contribution in [0.1, 0.15) is 6.42 Å². The smallest absolute Gasteiger partial charge is 0.410 e. The van der Waals surface area contributed by atoms with Crippen molar-refractivity contribution in [2.45, 2.75) is 6.42 Å². The maximum absolute atomic E-state index is 12.3. The van der Waals surface area contributed by atoms with Gasteiger partial charge in [0.1, 0.15) is 5.75 Å². The first kappa shape index (κ1) is 15.0. The predicted molar refractivity (Wildman–Crippen MR) is 87.7 cm³/mol. The molecular formula is C16H16N2O2S. The zero-order valence-electron chi connectivity index (χ0n) is 11.4. The molecule has 2 N–H and O–H groups in total. The molecule has 0 aromatic heterocycles. The summed E-state index contributed by atoms with van der Waals surface area (Å²) < 4.78 is 5.37. The van der Waals surface area contributed by atoms with E-state index in [4.69, 9.17) is 22.7 Å². The van der Waals surface area contributed by atoms with Gasteiger partial charge in [0.15, 0.2) is 0 Å². The van der Waals surface area contributed by atoms with Crippen molar-refractivity contribution in [3.05, 3.63) is 60.7 Å². The van der Waals surface area contributed by atoms with Crippen LogP contribution < -0.4 is 15.4 Å². The summed E-state index contributed by atoms with van der Waals surface area (Å²) in [6, 6.07) is 18.2. The Hall–Kier alpha value is -2.40. The molecule has 0 saturated carbocycles. The Kier molecular flexibility index (Phi) is 5.29. The van der Waals surface area contributed by atoms with Crippen LogP contribution in [-0.2, 0) is 0 Å². The molecule has 0 aliphatic rings. The first-order chi connectivity index (χ1) is 10.2. The van der Waals surface area contributed by atoms with Gasteiger partial charge in [-0.2, -0.15) is 0 Å². The highest BCUT2D eigenvalue weighted by Gasteiger charge is 2.17. The van der Waals surface area contributed by atoms with Crippen LogP contribution in [0.5, 0.6) is 5.75 Å². The van der Waals surface area contributed by atoms with Gasteiger partial charge in [0.05, 0.1) is 4.99 Å². The van der Waals surface area contributed by atoms with Crippen LogP contribution in [0.25, 0.3) is 0 Å². The zero-order chi connectivity index (χ0) is 15.1. The first-order valence-corrected chi connectivity index (χ1v) is 6.95. The highest BCUT2D eigenvalue weighted by molar-refractivity contribution is 7.80. The molecule has 2 aromatic carbocycles. The molecule has 0 heterocycles. The fourth-order valence-corrected chi connectivity index (χ4v) is 1.89. The van der Waals surface area contributed by atoms with Gasteiger partial charge in [0, 0.05) is 18.7 Å². The standard InChI is InChI=1S/C16H16N2O2S/c17-15(21)11-12-18(13-7-3-1-4-8-13)16(19)20-14-9-5-2-6-10-14/h1-10H,11-12H2,(H2,17,21). The molecule has 21 heavy (non-hydrogen) atoms. The van der Waals surface area contributed by atoms with E-state index in [9.17, 15) is 4.79 Å². The molecule has 0 fully saturated rings. The van der Waals surface area contributed by atoms with Crippen molar-refractivity contribution >= 4 is 29.0 Å². The Bertz CT molecular complexity index is 602. The van der Waals surface area contributed by atoms with Crippen molar-refractivity contribution in [1.82, 2.24) is 0 Å². The van der Waals surface area contributed by atoms with Gasteiger partial charge in [-0.05, 0) is 24.3 Å². The predicted octanol–water partition coefficient (Wildman–Crippen LogP) is 3.37. The molecule has 5 heteroatoms. The lowest BCUT2D eigenvalue weighted by Gasteiger charge is -2.21. The number of nitrogens with two attached hydrogens (primary N) is 1. The lowest BCUT2D eigenvalue weighted by molar-refractivity contribution is 0.207. The second-order valence-corrected chi connectivity index (χ2v) is 4.91. The van der Waals surface area contributed by atoms with Crippen molar-refractivity contribution in [3.63, 3.8) is 0 Å². The number of hydrogen-bond acceptors (Lipinski definition) is 3. The Morgan fingerprint density at radius 2 is 1.62 bits per heavy atom. The van der Waals surface area contributed by atoms with Crippen molar-refractivity contribution in [3.8, 4) is 5.75 Å². The third-order valence-corrected chi connectivity index (χ3v) is 3.02. The Labute approximate surface area is 129 Å². The van der Waals surface area contributed by atoms with Gasteiger partial charge in [-0.15, -0.1) is 0 Å². The first-order valence-electron chi connectivity index (χ1n) is 6.54. The average Bonchev–Trinajstić information content (AvgIpc) is 2.49. The number of ether oxygens (including phenoxy) is 1. The van der Waals surface area contributed by atoms with Crippen LogP contribution in [0.4, 0.5) is 10.5 Å². The fraction of sp³-hybridized carbons (Fsp3) is 0.125. The lowest BCUT2D eigenvalue weighted by Crippen LogP contribution is -2.36. The van der Waals surface area contributed by atoms with E-state index in [1.54, 1.807) is 12.1 Å². The molecule has 0 spiro atoms. The summed E-state index contributed by atoms with van der Waals surface area (Å²) in [5.41, 5.74) is 6.27. The molecule has 0 aliphatic heterocycles. The summed E-state index contributed by atoms with van der Waals surface area (Å²) in [6.07, 6.45) is -0.0163. The lowest BCUT2D eigenvalue weighted by atomic mass is 10.3. The van der Waals surface area contributed by atoms with Crippen LogP contribution in [0, 0.1) is 0 Å². The Balaban J connectivity index is 2.14. The minimum Gasteiger partial charge on any atom is -0.410 e. The molecule has 0 aliphatic carbocycles. The van der Waals surface area contributed by atoms with Crippen molar-refractivity contribution in [2.75, 3.05) is 11.4 Å². The van der Waals surface area contributed by atoms with Crippen LogP contribution >= 0.6 is 12.2 Å². The van der Waals surface area contributed by atoms with E-state index >= 15 is 0 Å². The quantitative estimate of drug-likeness (QED) is 0.860. The number of amides is 1. The minimum absolute atomic E-state index is 0.364. The highest BCUT2D eigenvalue weighted by atomic mass is 32.1. The van der Waals surface area contributed by atoms with Gasteiger partial charge in [-0.25, -0.2) is 4.79 Å². The molecule has 2 aromatic rings. The van der Waals surface area contributed by atoms with E-state index in [-0.39, 0.29) is 0 Å². The number of rotatable bonds is 5. The molecule has 108 valence electrons. The van der Waals surface area contributed by atoms with E-state index in [0.29, 0.717) is 23.7 Å². The largest absolute Gasteiger partial charge is 0.419 e. The zero-order valence-corrected chi connectivity index (χ0v) is 12.3. The Morgan fingerprint density at radius 3 is 2.19 bits per heavy atom. The molecule has 0 radical (unpaired) electrons. The van der Waals surface area contributed by atoms with Crippen LogP contribution in [0.15, 0.2) is 60.7 Å². The van der Waals surface area contributed by atoms with Crippen LogP contribution in [-0.4, -0.2) is 17.6 Å². The number of nitrogens with zero attached hydrogens (tertiary/aromatic N) is 1. The second kappa shape index (κ2) is 7.40. The van der Waals surface area contributed by atoms with Crippen molar-refractivity contribution in [1.29, 1.82) is 0 Å². The third-order valence-electron chi connectivity index (χ3n) is 2.82. The molecule has 1 amide bonds. The molecule has 0 unspecified atom stereocenters. The second-order valence-electron chi connectivity index (χ2n) is 4.38. The fourth-order valence-electron chi connectivity index (χ4n) is 1.80. The van der Waals surface area contributed by atoms with Gasteiger partial charge in [-0.3, -0.25) is 4.90 Å². The van der Waals surface area contributed by atoms with Gasteiger partial charge < -0.3 is 10.5 Å². The molecule has 4 nitrogen and oxygen atoms in total. The van der Waals surface area contributed by atoms with E-state index in [0.717, 1.165) is 5.69 Å². The molecule has 0 bridgehead atoms. The van der Waals surface area contributed by atoms with Gasteiger partial charge in [0.2, 0.25) is 0 Å². The summed E-state index contributed by atoms with van der Waals surface area (Å²) in [6.45, 7) is 0.380. The van der Waals surface area contributed by atoms with Gasteiger partial charge >= 0.3 is 6.09 Å². The SMILES string of the molecule is NC(=S)CCN(C(=O)Oc1ccccc1)c1ccccc1. The summed E-state index contributed by atoms with van der Waals surface area (Å²) in [4.78, 5) is 14.2. The summed E-state index contributed by atoms with van der Waals surface area (Å²) in [5, 5.41) is 0. The number of anilines is 1. The maximum Gasteiger partial charge on any atom is 0.419 e. The number of para-hydroxylation sites is 2. The Morgan fingerprint density at radius 1 is 1.05 bits per heavy atom. The average molecular weight is 300 g/mol. The molecule has 2 rings (SSSR count). The summed E-state index contributed by atoms with van der Waals surface area (Å²) in [5.74, 6) is 0.499. The minimum atomic E-state index is -0.455. The third kappa shape index (κ3) is 4.57. The molecular weight excluding hydrogens is 284 g/mol. The summed E-state index contributed by atoms with van der Waals surface area (Å²) >= 11 is 4.88. The number of thiocarbonyl (C=S) groups is 1. The van der Waals surface area contributed by atoms with E-state index in [1.807, 2.05) is 48.5 Å². The van der Waals surface area contributed by atoms with E-state index < -0.39 is 6.09 Å².